The van der Waals surface area contributed by atoms with Crippen molar-refractivity contribution in [1.82, 2.24) is 10.6 Å². The molecule has 1 aliphatic rings. The number of aldehydes is 1. The standard InChI is InChI=1S/C23H35ClN2O2S/c1-16(2)28-23-9-8-21(24)11-20(23)15-29-14-19-7-5-6-18(10-19)12-26-22(13-27)17(3)25-4/h8-9,11,13,16,18-19,25-26H,5-7,10,12,14-15H2,1-4H3/b22-17+. The smallest absolute Gasteiger partial charge is 0.167 e. The highest BCUT2D eigenvalue weighted by atomic mass is 35.5. The van der Waals surface area contributed by atoms with Crippen molar-refractivity contribution >= 4 is 29.6 Å². The predicted octanol–water partition coefficient (Wildman–Crippen LogP) is 5.41. The molecule has 0 heterocycles. The maximum absolute atomic E-state index is 11.3. The largest absolute Gasteiger partial charge is 0.491 e. The molecule has 1 saturated carbocycles. The van der Waals surface area contributed by atoms with Crippen molar-refractivity contribution in [1.29, 1.82) is 0 Å². The van der Waals surface area contributed by atoms with E-state index < -0.39 is 0 Å². The summed E-state index contributed by atoms with van der Waals surface area (Å²) in [7, 11) is 1.84. The van der Waals surface area contributed by atoms with Crippen LogP contribution in [0.5, 0.6) is 5.75 Å². The Morgan fingerprint density at radius 1 is 1.34 bits per heavy atom. The Kier molecular flexibility index (Phi) is 10.2. The summed E-state index contributed by atoms with van der Waals surface area (Å²) >= 11 is 8.17. The number of hydrogen-bond acceptors (Lipinski definition) is 5. The molecule has 0 amide bonds. The van der Waals surface area contributed by atoms with Gasteiger partial charge in [-0.15, -0.1) is 0 Å². The van der Waals surface area contributed by atoms with Gasteiger partial charge in [-0.25, -0.2) is 0 Å². The van der Waals surface area contributed by atoms with Gasteiger partial charge in [-0.1, -0.05) is 18.0 Å². The second-order valence-corrected chi connectivity index (χ2v) is 9.59. The molecule has 4 nitrogen and oxygen atoms in total. The summed E-state index contributed by atoms with van der Waals surface area (Å²) in [4.78, 5) is 11.3. The fourth-order valence-electron chi connectivity index (χ4n) is 3.76. The number of benzene rings is 1. The van der Waals surface area contributed by atoms with E-state index in [0.717, 1.165) is 46.7 Å². The lowest BCUT2D eigenvalue weighted by Crippen LogP contribution is -2.29. The number of carbonyl (C=O) groups is 1. The molecule has 0 aliphatic heterocycles. The molecule has 1 aliphatic carbocycles. The van der Waals surface area contributed by atoms with E-state index in [1.165, 1.54) is 31.2 Å². The SMILES string of the molecule is CN/C(C)=C(\C=O)NCC1CCCC(CSCc2cc(Cl)ccc2OC(C)C)C1. The first-order valence-corrected chi connectivity index (χ1v) is 12.1. The van der Waals surface area contributed by atoms with Crippen LogP contribution in [0.25, 0.3) is 0 Å². The number of thioether (sulfide) groups is 1. The van der Waals surface area contributed by atoms with Crippen molar-refractivity contribution in [3.63, 3.8) is 0 Å². The molecule has 0 bridgehead atoms. The minimum absolute atomic E-state index is 0.156. The second-order valence-electron chi connectivity index (χ2n) is 8.12. The number of halogens is 1. The summed E-state index contributed by atoms with van der Waals surface area (Å²) in [5.41, 5.74) is 2.74. The number of allylic oxidation sites excluding steroid dienone is 2. The van der Waals surface area contributed by atoms with Gasteiger partial charge in [-0.3, -0.25) is 4.79 Å². The average molecular weight is 439 g/mol. The van der Waals surface area contributed by atoms with Crippen LogP contribution in [0.4, 0.5) is 0 Å². The van der Waals surface area contributed by atoms with Crippen LogP contribution in [-0.4, -0.2) is 31.7 Å². The first-order valence-electron chi connectivity index (χ1n) is 10.5. The van der Waals surface area contributed by atoms with Crippen molar-refractivity contribution < 1.29 is 9.53 Å². The highest BCUT2D eigenvalue weighted by molar-refractivity contribution is 7.98. The Labute approximate surface area is 185 Å². The van der Waals surface area contributed by atoms with Gasteiger partial charge in [0.25, 0.3) is 0 Å². The van der Waals surface area contributed by atoms with Gasteiger partial charge in [-0.05, 0) is 75.8 Å². The normalized spacial score (nSPS) is 20.2. The summed E-state index contributed by atoms with van der Waals surface area (Å²) in [6, 6.07) is 5.90. The monoisotopic (exact) mass is 438 g/mol. The van der Waals surface area contributed by atoms with Crippen molar-refractivity contribution in [2.75, 3.05) is 19.3 Å². The molecule has 0 saturated heterocycles. The van der Waals surface area contributed by atoms with Crippen LogP contribution in [0.1, 0.15) is 52.0 Å². The average Bonchev–Trinajstić information content (AvgIpc) is 2.70. The molecule has 2 atom stereocenters. The third kappa shape index (κ3) is 8.13. The topological polar surface area (TPSA) is 50.4 Å². The number of nitrogens with one attached hydrogen (secondary N) is 2. The van der Waals surface area contributed by atoms with Crippen molar-refractivity contribution in [3.05, 3.63) is 40.2 Å². The van der Waals surface area contributed by atoms with Gasteiger partial charge >= 0.3 is 0 Å². The first kappa shape index (κ1) is 23.9. The molecule has 2 unspecified atom stereocenters. The van der Waals surface area contributed by atoms with Crippen LogP contribution in [0.3, 0.4) is 0 Å². The van der Waals surface area contributed by atoms with Gasteiger partial charge in [0.05, 0.1) is 11.8 Å². The minimum Gasteiger partial charge on any atom is -0.491 e. The maximum atomic E-state index is 11.3. The molecule has 1 aromatic rings. The summed E-state index contributed by atoms with van der Waals surface area (Å²) in [5.74, 6) is 4.36. The van der Waals surface area contributed by atoms with E-state index in [4.69, 9.17) is 16.3 Å². The van der Waals surface area contributed by atoms with Gasteiger partial charge in [0.2, 0.25) is 0 Å². The Hall–Kier alpha value is -1.33. The molecule has 0 aromatic heterocycles. The number of carbonyl (C=O) groups excluding carboxylic acids is 1. The van der Waals surface area contributed by atoms with Gasteiger partial charge in [0, 0.05) is 35.6 Å². The summed E-state index contributed by atoms with van der Waals surface area (Å²) in [6.45, 7) is 6.88. The van der Waals surface area contributed by atoms with Gasteiger partial charge in [-0.2, -0.15) is 11.8 Å². The summed E-state index contributed by atoms with van der Waals surface area (Å²) < 4.78 is 5.94. The highest BCUT2D eigenvalue weighted by Gasteiger charge is 2.22. The lowest BCUT2D eigenvalue weighted by Gasteiger charge is -2.29. The Bertz CT molecular complexity index is 693. The summed E-state index contributed by atoms with van der Waals surface area (Å²) in [5, 5.41) is 7.13. The quantitative estimate of drug-likeness (QED) is 0.357. The molecule has 0 spiro atoms. The van der Waals surface area contributed by atoms with Crippen LogP contribution in [0, 0.1) is 11.8 Å². The molecule has 2 rings (SSSR count). The molecule has 1 aromatic carbocycles. The first-order chi connectivity index (χ1) is 13.9. The van der Waals surface area contributed by atoms with E-state index >= 15 is 0 Å². The second kappa shape index (κ2) is 12.4. The lowest BCUT2D eigenvalue weighted by molar-refractivity contribution is -0.105. The molecular weight excluding hydrogens is 404 g/mol. The third-order valence-electron chi connectivity index (χ3n) is 5.37. The fraction of sp³-hybridized carbons (Fsp3) is 0.609. The fourth-order valence-corrected chi connectivity index (χ4v) is 5.15. The molecule has 29 heavy (non-hydrogen) atoms. The molecule has 0 radical (unpaired) electrons. The van der Waals surface area contributed by atoms with Crippen molar-refractivity contribution in [2.24, 2.45) is 11.8 Å². The number of hydrogen-bond donors (Lipinski definition) is 2. The van der Waals surface area contributed by atoms with E-state index in [2.05, 4.69) is 10.6 Å². The van der Waals surface area contributed by atoms with Crippen LogP contribution in [0.15, 0.2) is 29.6 Å². The zero-order chi connectivity index (χ0) is 21.2. The summed E-state index contributed by atoms with van der Waals surface area (Å²) in [6.07, 6.45) is 6.07. The van der Waals surface area contributed by atoms with E-state index in [9.17, 15) is 4.79 Å². The third-order valence-corrected chi connectivity index (χ3v) is 6.82. The Morgan fingerprint density at radius 3 is 2.79 bits per heavy atom. The molecular formula is C23H35ClN2O2S. The molecule has 2 N–H and O–H groups in total. The maximum Gasteiger partial charge on any atom is 0.167 e. The predicted molar refractivity (Wildman–Crippen MR) is 125 cm³/mol. The zero-order valence-corrected chi connectivity index (χ0v) is 19.7. The van der Waals surface area contributed by atoms with E-state index in [-0.39, 0.29) is 6.10 Å². The van der Waals surface area contributed by atoms with Crippen LogP contribution >= 0.6 is 23.4 Å². The van der Waals surface area contributed by atoms with Crippen molar-refractivity contribution in [3.8, 4) is 5.75 Å². The van der Waals surface area contributed by atoms with Gasteiger partial charge in [0.15, 0.2) is 6.29 Å². The van der Waals surface area contributed by atoms with E-state index in [1.54, 1.807) is 0 Å². The van der Waals surface area contributed by atoms with Gasteiger partial charge in [0.1, 0.15) is 5.75 Å². The lowest BCUT2D eigenvalue weighted by atomic mass is 9.82. The molecule has 1 fully saturated rings. The van der Waals surface area contributed by atoms with Gasteiger partial charge < -0.3 is 15.4 Å². The van der Waals surface area contributed by atoms with Crippen molar-refractivity contribution in [2.45, 2.75) is 58.3 Å². The van der Waals surface area contributed by atoms with E-state index in [0.29, 0.717) is 11.6 Å². The molecule has 6 heteroatoms. The minimum atomic E-state index is 0.156. The highest BCUT2D eigenvalue weighted by Crippen LogP contribution is 2.33. The number of rotatable bonds is 11. The number of ether oxygens (including phenoxy) is 1. The van der Waals surface area contributed by atoms with Crippen LogP contribution in [0.2, 0.25) is 5.02 Å². The van der Waals surface area contributed by atoms with E-state index in [1.807, 2.05) is 57.8 Å². The van der Waals surface area contributed by atoms with Crippen LogP contribution < -0.4 is 15.4 Å². The zero-order valence-electron chi connectivity index (χ0n) is 18.1. The Balaban J connectivity index is 1.83. The Morgan fingerprint density at radius 2 is 2.10 bits per heavy atom. The van der Waals surface area contributed by atoms with Crippen LogP contribution in [-0.2, 0) is 10.5 Å². The molecule has 162 valence electrons.